The molecule has 0 N–H and O–H groups in total. The third kappa shape index (κ3) is 36.8. The van der Waals surface area contributed by atoms with Gasteiger partial charge in [-0.05, 0) is 12.7 Å². The van der Waals surface area contributed by atoms with Gasteiger partial charge in [0.2, 0.25) is 0 Å². The van der Waals surface area contributed by atoms with Crippen LogP contribution in [-0.2, 0) is 32.7 Å². The summed E-state index contributed by atoms with van der Waals surface area (Å²) in [5.41, 5.74) is 0. The standard InChI is InChI=1S/C40H80NO8P/c1-6-8-10-12-14-16-18-20-22-24-26-28-30-32-39(42)46-36-38(37-48-50(44,45)47-35-34-41(3,4)5)49-40(43)33-31-29-27-25-23-21-19-17-15-13-11-9-7-2/h38H,6-37H2,1-5H3/t38-/m1/s1/i1D3,2D3,6D2,7D2,8D2,9D2,10D2,11D2,12D2,13D2,14D2,15D2,16D2,17D2,18D2,19D2,20D2,21D2,22D2,23D2,24D2,25D2,26D2,27D2,28D2,29D2,30D2,31D2,32D2,33D2. The van der Waals surface area contributed by atoms with Crippen molar-refractivity contribution in [3.8, 4) is 0 Å². The molecular weight excluding hydrogens is 653 g/mol. The molecule has 0 aliphatic heterocycles. The van der Waals surface area contributed by atoms with Gasteiger partial charge >= 0.3 is 11.9 Å². The zero-order valence-corrected chi connectivity index (χ0v) is 27.5. The number of ether oxygens (including phenoxy) is 2. The van der Waals surface area contributed by atoms with Gasteiger partial charge in [0, 0.05) is 97.7 Å². The van der Waals surface area contributed by atoms with E-state index in [1.807, 2.05) is 0 Å². The predicted molar refractivity (Wildman–Crippen MR) is 204 cm³/mol. The van der Waals surface area contributed by atoms with Gasteiger partial charge in [0.25, 0.3) is 7.82 Å². The molecule has 0 saturated carbocycles. The molecule has 50 heavy (non-hydrogen) atoms. The van der Waals surface area contributed by atoms with E-state index in [-0.39, 0.29) is 11.0 Å². The van der Waals surface area contributed by atoms with E-state index < -0.39 is 238 Å². The molecule has 1 unspecified atom stereocenters. The highest BCUT2D eigenvalue weighted by Gasteiger charge is 2.21. The minimum absolute atomic E-state index is 0.0952. The number of nitrogens with zero attached hydrogens (tertiary/aromatic N) is 1. The fourth-order valence-corrected chi connectivity index (χ4v) is 2.72. The van der Waals surface area contributed by atoms with Crippen molar-refractivity contribution in [1.82, 2.24) is 0 Å². The smallest absolute Gasteiger partial charge is 0.306 e. The highest BCUT2D eigenvalue weighted by Crippen LogP contribution is 2.38. The fraction of sp³-hybridized carbons (Fsp3) is 0.950. The summed E-state index contributed by atoms with van der Waals surface area (Å²) < 4.78 is 541. The average molecular weight is 796 g/mol. The van der Waals surface area contributed by atoms with E-state index in [1.54, 1.807) is 0 Å². The van der Waals surface area contributed by atoms with Crippen LogP contribution < -0.4 is 4.89 Å². The summed E-state index contributed by atoms with van der Waals surface area (Å²) in [5.74, 6) is -6.19. The first-order chi connectivity index (χ1) is 47.3. The lowest BCUT2D eigenvalue weighted by Gasteiger charge is -2.28. The molecule has 0 spiro atoms. The molecule has 0 aliphatic rings. The summed E-state index contributed by atoms with van der Waals surface area (Å²) in [6.07, 6.45) is -151. The number of carbonyl (C=O) groups is 2. The number of phosphoric ester groups is 1. The van der Waals surface area contributed by atoms with Gasteiger partial charge in [-0.2, -0.15) is 0 Å². The fourth-order valence-electron chi connectivity index (χ4n) is 1.99. The van der Waals surface area contributed by atoms with Crippen molar-refractivity contribution in [3.63, 3.8) is 0 Å². The van der Waals surface area contributed by atoms with Crippen molar-refractivity contribution in [3.05, 3.63) is 0 Å². The monoisotopic (exact) mass is 796 g/mol. The Morgan fingerprint density at radius 2 is 0.980 bits per heavy atom. The summed E-state index contributed by atoms with van der Waals surface area (Å²) in [7, 11) is -1.60. The first kappa shape index (κ1) is 9.33. The molecule has 298 valence electrons. The van der Waals surface area contributed by atoms with Crippen LogP contribution in [-0.4, -0.2) is 70.0 Å². The average Bonchev–Trinajstić information content (AvgIpc) is 0.684. The SMILES string of the molecule is [2H]C([2H])([2H])C([2H])([2H])C([2H])([2H])C([2H])([2H])C([2H])([2H])C([2H])([2H])C([2H])([2H])C([2H])([2H])C([2H])([2H])C([2H])([2H])C([2H])([2H])C([2H])([2H])C([2H])([2H])C([2H])([2H])C([2H])([2H])C(=O)OC[C@H](COP(=O)([O-])OCC[N+](C)(C)C)OC(=O)C([2H])([2H])C([2H])([2H])C([2H])([2H])C([2H])([2H])C([2H])([2H])C([2H])([2H])C([2H])([2H])C([2H])([2H])C([2H])([2H])C([2H])([2H])C([2H])([2H])C([2H])([2H])C([2H])([2H])C([2H])([2H])C([2H])([2H])[2H]. The Bertz CT molecular complexity index is 3410. The molecule has 2 atom stereocenters. The third-order valence-corrected chi connectivity index (χ3v) is 4.90. The van der Waals surface area contributed by atoms with Crippen LogP contribution in [0.1, 0.15) is 277 Å². The van der Waals surface area contributed by atoms with E-state index in [0.29, 0.717) is 0 Å². The van der Waals surface area contributed by atoms with Crippen LogP contribution in [0.15, 0.2) is 0 Å². The molecule has 9 nitrogen and oxygen atoms in total. The van der Waals surface area contributed by atoms with Crippen LogP contribution in [0.2, 0.25) is 0 Å². The lowest BCUT2D eigenvalue weighted by molar-refractivity contribution is -0.870. The van der Waals surface area contributed by atoms with Crippen molar-refractivity contribution >= 4 is 19.8 Å². The zero-order valence-electron chi connectivity index (χ0n) is 88.6. The Kier molecular flexibility index (Phi) is 6.31. The van der Waals surface area contributed by atoms with E-state index in [9.17, 15) is 19.0 Å². The molecule has 0 amide bonds. The molecule has 0 radical (unpaired) electrons. The van der Waals surface area contributed by atoms with Gasteiger partial charge in [-0.25, -0.2) is 0 Å². The van der Waals surface area contributed by atoms with Gasteiger partial charge in [-0.1, -0.05) is 167 Å². The van der Waals surface area contributed by atoms with Crippen molar-refractivity contribution < 1.29 is 127 Å². The summed E-state index contributed by atoms with van der Waals surface area (Å²) in [6.45, 7) is -14.0. The second kappa shape index (κ2) is 33.8. The predicted octanol–water partition coefficient (Wildman–Crippen LogP) is 10.6. The highest BCUT2D eigenvalue weighted by molar-refractivity contribution is 7.45. The van der Waals surface area contributed by atoms with Gasteiger partial charge < -0.3 is 27.9 Å². The van der Waals surface area contributed by atoms with E-state index in [1.165, 1.54) is 21.1 Å². The van der Waals surface area contributed by atoms with Gasteiger partial charge in [0.05, 0.1) is 27.7 Å². The normalized spacial score (nSPS) is 40.6. The molecule has 0 fully saturated rings. The molecule has 0 aliphatic carbocycles. The molecule has 10 heteroatoms. The molecule has 0 bridgehead atoms. The molecule has 0 aromatic heterocycles. The maximum atomic E-state index is 14.0. The topological polar surface area (TPSA) is 111 Å². The first-order valence-corrected chi connectivity index (χ1v) is 14.6. The number of phosphoric acid groups is 1. The number of rotatable bonds is 38. The van der Waals surface area contributed by atoms with Gasteiger partial charge in [-0.3, -0.25) is 14.2 Å². The molecule has 0 heterocycles. The van der Waals surface area contributed by atoms with Crippen molar-refractivity contribution in [2.45, 2.75) is 198 Å². The Morgan fingerprint density at radius 3 is 1.38 bits per heavy atom. The summed E-state index contributed by atoms with van der Waals surface area (Å²) >= 11 is 0. The Hall–Kier alpha value is -0.990. The van der Waals surface area contributed by atoms with Crippen LogP contribution in [0.4, 0.5) is 0 Å². The van der Waals surface area contributed by atoms with Crippen molar-refractivity contribution in [2.75, 3.05) is 47.5 Å². The van der Waals surface area contributed by atoms with Gasteiger partial charge in [0.1, 0.15) is 19.8 Å². The van der Waals surface area contributed by atoms with Crippen molar-refractivity contribution in [1.29, 1.82) is 0 Å². The minimum Gasteiger partial charge on any atom is -0.756 e. The van der Waals surface area contributed by atoms with Crippen molar-refractivity contribution in [2.24, 2.45) is 0 Å². The largest absolute Gasteiger partial charge is 0.756 e. The van der Waals surface area contributed by atoms with E-state index >= 15 is 0 Å². The maximum absolute atomic E-state index is 14.0. The van der Waals surface area contributed by atoms with E-state index in [0.717, 1.165) is 0 Å². The third-order valence-electron chi connectivity index (χ3n) is 3.93. The Morgan fingerprint density at radius 1 is 0.600 bits per heavy atom. The summed E-state index contributed by atoms with van der Waals surface area (Å²) in [5, 5.41) is 0. The van der Waals surface area contributed by atoms with Gasteiger partial charge in [-0.15, -0.1) is 0 Å². The summed E-state index contributed by atoms with van der Waals surface area (Å²) in [6, 6.07) is 0. The Labute approximate surface area is 395 Å². The lowest BCUT2D eigenvalue weighted by Crippen LogP contribution is -2.37. The number of hydrogen-bond donors (Lipinski definition) is 0. The second-order valence-electron chi connectivity index (χ2n) is 8.72. The quantitative estimate of drug-likeness (QED) is 0.0345. The van der Waals surface area contributed by atoms with Crippen LogP contribution >= 0.6 is 7.82 Å². The molecular formula is C40H80NO8P. The zero-order chi connectivity index (χ0) is 92.4. The lowest BCUT2D eigenvalue weighted by atomic mass is 10.0. The second-order valence-corrected chi connectivity index (χ2v) is 10.1. The number of hydrogen-bond acceptors (Lipinski definition) is 8. The minimum atomic E-state index is -5.95. The maximum Gasteiger partial charge on any atom is 0.306 e. The van der Waals surface area contributed by atoms with E-state index in [4.69, 9.17) is 85.0 Å². The highest BCUT2D eigenvalue weighted by atomic mass is 31.2. The molecule has 0 rings (SSSR count). The van der Waals surface area contributed by atoms with Crippen LogP contribution in [0.25, 0.3) is 0 Å². The van der Waals surface area contributed by atoms with Gasteiger partial charge in [0.15, 0.2) is 6.10 Å². The van der Waals surface area contributed by atoms with Crippen LogP contribution in [0.3, 0.4) is 0 Å². The number of esters is 2. The number of carbonyl (C=O) groups excluding carboxylic acids is 2. The van der Waals surface area contributed by atoms with E-state index in [2.05, 4.69) is 18.5 Å². The molecule has 0 saturated heterocycles. The number of likely N-dealkylation sites (N-methyl/N-ethyl adjacent to an activating group) is 1. The molecule has 0 aromatic carbocycles. The summed E-state index contributed by atoms with van der Waals surface area (Å²) in [4.78, 5) is 40.7. The Balaban J connectivity index is 8.27. The van der Waals surface area contributed by atoms with Crippen LogP contribution in [0.5, 0.6) is 0 Å². The number of quaternary nitrogens is 1. The van der Waals surface area contributed by atoms with Crippen LogP contribution in [0, 0.1) is 0 Å². The first-order valence-electron chi connectivity index (χ1n) is 44.1. The molecule has 0 aromatic rings.